The van der Waals surface area contributed by atoms with Crippen molar-refractivity contribution in [2.75, 3.05) is 18.5 Å². The van der Waals surface area contributed by atoms with Gasteiger partial charge >= 0.3 is 5.97 Å². The average Bonchev–Trinajstić information content (AvgIpc) is 2.58. The van der Waals surface area contributed by atoms with Crippen LogP contribution in [0.4, 0.5) is 11.4 Å². The number of nitrogens with zero attached hydrogens (tertiary/aromatic N) is 1. The molecule has 0 bridgehead atoms. The monoisotopic (exact) mass is 344 g/mol. The molecule has 0 fully saturated rings. The first kappa shape index (κ1) is 17.9. The van der Waals surface area contributed by atoms with Gasteiger partial charge in [-0.05, 0) is 30.7 Å². The fourth-order valence-electron chi connectivity index (χ4n) is 1.93. The highest BCUT2D eigenvalue weighted by Crippen LogP contribution is 2.17. The van der Waals surface area contributed by atoms with Crippen LogP contribution in [0.25, 0.3) is 0 Å². The van der Waals surface area contributed by atoms with Crippen LogP contribution in [0.1, 0.15) is 5.56 Å². The Kier molecular flexibility index (Phi) is 6.05. The van der Waals surface area contributed by atoms with Crippen LogP contribution < -0.4 is 10.1 Å². The smallest absolute Gasteiger partial charge is 0.344 e. The van der Waals surface area contributed by atoms with Crippen LogP contribution in [0.3, 0.4) is 0 Å². The largest absolute Gasteiger partial charge is 0.482 e. The standard InChI is InChI=1S/C17H16N2O6/c1-12-4-2-7-15(8-12)24-11-17(21)25-10-16(20)18-13-5-3-6-14(9-13)19(22)23/h2-9H,10-11H2,1H3,(H,18,20). The number of benzene rings is 2. The lowest BCUT2D eigenvalue weighted by Crippen LogP contribution is -2.23. The number of rotatable bonds is 7. The molecule has 0 atom stereocenters. The number of ether oxygens (including phenoxy) is 2. The average molecular weight is 344 g/mol. The summed E-state index contributed by atoms with van der Waals surface area (Å²) in [5.41, 5.74) is 1.08. The third-order valence-electron chi connectivity index (χ3n) is 3.05. The second-order valence-corrected chi connectivity index (χ2v) is 5.12. The highest BCUT2D eigenvalue weighted by Gasteiger charge is 2.11. The van der Waals surface area contributed by atoms with E-state index in [9.17, 15) is 19.7 Å². The van der Waals surface area contributed by atoms with Crippen molar-refractivity contribution in [3.63, 3.8) is 0 Å². The van der Waals surface area contributed by atoms with Gasteiger partial charge in [0.2, 0.25) is 0 Å². The first-order chi connectivity index (χ1) is 11.9. The number of non-ortho nitro benzene ring substituents is 1. The van der Waals surface area contributed by atoms with Gasteiger partial charge in [0, 0.05) is 17.8 Å². The Labute approximate surface area is 143 Å². The van der Waals surface area contributed by atoms with E-state index in [0.29, 0.717) is 5.75 Å². The molecular weight excluding hydrogens is 328 g/mol. The quantitative estimate of drug-likeness (QED) is 0.469. The lowest BCUT2D eigenvalue weighted by atomic mass is 10.2. The van der Waals surface area contributed by atoms with E-state index < -0.39 is 23.4 Å². The molecule has 0 aliphatic carbocycles. The molecule has 2 aromatic rings. The minimum atomic E-state index is -0.698. The SMILES string of the molecule is Cc1cccc(OCC(=O)OCC(=O)Nc2cccc([N+](=O)[O-])c2)c1. The summed E-state index contributed by atoms with van der Waals surface area (Å²) in [6.45, 7) is 1.05. The number of carbonyl (C=O) groups is 2. The van der Waals surface area contributed by atoms with Gasteiger partial charge in [-0.15, -0.1) is 0 Å². The van der Waals surface area contributed by atoms with Crippen molar-refractivity contribution in [1.82, 2.24) is 0 Å². The summed E-state index contributed by atoms with van der Waals surface area (Å²) < 4.78 is 10.1. The highest BCUT2D eigenvalue weighted by atomic mass is 16.6. The molecule has 2 aromatic carbocycles. The minimum Gasteiger partial charge on any atom is -0.482 e. The molecular formula is C17H16N2O6. The molecule has 0 radical (unpaired) electrons. The van der Waals surface area contributed by atoms with E-state index in [1.54, 1.807) is 18.2 Å². The zero-order valence-corrected chi connectivity index (χ0v) is 13.4. The molecule has 0 saturated carbocycles. The fraction of sp³-hybridized carbons (Fsp3) is 0.176. The molecule has 0 aliphatic rings. The summed E-state index contributed by atoms with van der Waals surface area (Å²) >= 11 is 0. The van der Waals surface area contributed by atoms with E-state index in [2.05, 4.69) is 5.32 Å². The van der Waals surface area contributed by atoms with Crippen molar-refractivity contribution in [2.24, 2.45) is 0 Å². The van der Waals surface area contributed by atoms with Crippen LogP contribution in [0.5, 0.6) is 5.75 Å². The van der Waals surface area contributed by atoms with Crippen molar-refractivity contribution in [3.8, 4) is 5.75 Å². The van der Waals surface area contributed by atoms with Gasteiger partial charge in [-0.25, -0.2) is 4.79 Å². The number of anilines is 1. The molecule has 25 heavy (non-hydrogen) atoms. The van der Waals surface area contributed by atoms with Crippen molar-refractivity contribution in [1.29, 1.82) is 0 Å². The van der Waals surface area contributed by atoms with E-state index in [1.807, 2.05) is 13.0 Å². The Morgan fingerprint density at radius 2 is 1.88 bits per heavy atom. The molecule has 130 valence electrons. The van der Waals surface area contributed by atoms with E-state index in [-0.39, 0.29) is 18.0 Å². The van der Waals surface area contributed by atoms with Gasteiger partial charge in [0.05, 0.1) is 4.92 Å². The van der Waals surface area contributed by atoms with Gasteiger partial charge in [-0.2, -0.15) is 0 Å². The summed E-state index contributed by atoms with van der Waals surface area (Å²) in [5.74, 6) is -0.780. The Morgan fingerprint density at radius 1 is 1.12 bits per heavy atom. The Bertz CT molecular complexity index is 790. The van der Waals surface area contributed by atoms with Crippen molar-refractivity contribution >= 4 is 23.3 Å². The van der Waals surface area contributed by atoms with E-state index in [1.165, 1.54) is 24.3 Å². The number of nitro groups is 1. The first-order valence-corrected chi connectivity index (χ1v) is 7.33. The summed E-state index contributed by atoms with van der Waals surface area (Å²) in [7, 11) is 0. The molecule has 0 aliphatic heterocycles. The number of hydrogen-bond donors (Lipinski definition) is 1. The predicted octanol–water partition coefficient (Wildman–Crippen LogP) is 2.46. The number of amides is 1. The van der Waals surface area contributed by atoms with Crippen molar-refractivity contribution in [3.05, 3.63) is 64.2 Å². The maximum absolute atomic E-state index is 11.7. The molecule has 0 aromatic heterocycles. The second-order valence-electron chi connectivity index (χ2n) is 5.12. The molecule has 1 amide bonds. The van der Waals surface area contributed by atoms with Gasteiger partial charge in [0.25, 0.3) is 11.6 Å². The number of carbonyl (C=O) groups excluding carboxylic acids is 2. The number of hydrogen-bond acceptors (Lipinski definition) is 6. The van der Waals surface area contributed by atoms with Gasteiger partial charge in [-0.3, -0.25) is 14.9 Å². The topological polar surface area (TPSA) is 108 Å². The number of esters is 1. The minimum absolute atomic E-state index is 0.152. The van der Waals surface area contributed by atoms with E-state index >= 15 is 0 Å². The fourth-order valence-corrected chi connectivity index (χ4v) is 1.93. The third-order valence-corrected chi connectivity index (χ3v) is 3.05. The highest BCUT2D eigenvalue weighted by molar-refractivity contribution is 5.93. The number of nitrogens with one attached hydrogen (secondary N) is 1. The van der Waals surface area contributed by atoms with Gasteiger partial charge in [0.1, 0.15) is 5.75 Å². The van der Waals surface area contributed by atoms with Crippen LogP contribution in [-0.2, 0) is 14.3 Å². The molecule has 0 heterocycles. The predicted molar refractivity (Wildman–Crippen MR) is 89.4 cm³/mol. The maximum Gasteiger partial charge on any atom is 0.344 e. The van der Waals surface area contributed by atoms with Gasteiger partial charge in [0.15, 0.2) is 13.2 Å². The Balaban J connectivity index is 1.76. The van der Waals surface area contributed by atoms with E-state index in [0.717, 1.165) is 5.56 Å². The van der Waals surface area contributed by atoms with Crippen LogP contribution in [-0.4, -0.2) is 30.0 Å². The zero-order chi connectivity index (χ0) is 18.2. The lowest BCUT2D eigenvalue weighted by Gasteiger charge is -2.08. The molecule has 0 saturated heterocycles. The van der Waals surface area contributed by atoms with Crippen LogP contribution in [0, 0.1) is 17.0 Å². The molecule has 1 N–H and O–H groups in total. The van der Waals surface area contributed by atoms with Crippen molar-refractivity contribution in [2.45, 2.75) is 6.92 Å². The molecule has 0 unspecified atom stereocenters. The molecule has 8 heteroatoms. The second kappa shape index (κ2) is 8.44. The summed E-state index contributed by atoms with van der Waals surface area (Å²) in [5, 5.41) is 13.1. The molecule has 8 nitrogen and oxygen atoms in total. The number of nitro benzene ring substituents is 1. The van der Waals surface area contributed by atoms with Crippen LogP contribution in [0.15, 0.2) is 48.5 Å². The van der Waals surface area contributed by atoms with Crippen LogP contribution >= 0.6 is 0 Å². The molecule has 0 spiro atoms. The van der Waals surface area contributed by atoms with E-state index in [4.69, 9.17) is 9.47 Å². The Hall–Kier alpha value is -3.42. The maximum atomic E-state index is 11.7. The summed E-state index contributed by atoms with van der Waals surface area (Å²) in [6, 6.07) is 12.6. The lowest BCUT2D eigenvalue weighted by molar-refractivity contribution is -0.384. The van der Waals surface area contributed by atoms with Gasteiger partial charge < -0.3 is 14.8 Å². The summed E-state index contributed by atoms with van der Waals surface area (Å²) in [6.07, 6.45) is 0. The first-order valence-electron chi connectivity index (χ1n) is 7.33. The normalized spacial score (nSPS) is 9.96. The molecule has 2 rings (SSSR count). The Morgan fingerprint density at radius 3 is 2.60 bits per heavy atom. The van der Waals surface area contributed by atoms with Crippen molar-refractivity contribution < 1.29 is 24.0 Å². The van der Waals surface area contributed by atoms with Gasteiger partial charge in [-0.1, -0.05) is 18.2 Å². The summed E-state index contributed by atoms with van der Waals surface area (Å²) in [4.78, 5) is 33.4. The van der Waals surface area contributed by atoms with Crippen LogP contribution in [0.2, 0.25) is 0 Å². The number of aryl methyl sites for hydroxylation is 1. The third kappa shape index (κ3) is 5.94. The zero-order valence-electron chi connectivity index (χ0n) is 13.4.